The van der Waals surface area contributed by atoms with E-state index in [4.69, 9.17) is 15.9 Å². The second-order valence-electron chi connectivity index (χ2n) is 6.08. The highest BCUT2D eigenvalue weighted by Crippen LogP contribution is 2.28. The topological polar surface area (TPSA) is 105 Å². The van der Waals surface area contributed by atoms with Crippen molar-refractivity contribution < 1.29 is 9.53 Å². The molecule has 1 aromatic carbocycles. The summed E-state index contributed by atoms with van der Waals surface area (Å²) in [4.78, 5) is 21.8. The Labute approximate surface area is 140 Å². The Balaban J connectivity index is 1.64. The zero-order chi connectivity index (χ0) is 17.1. The van der Waals surface area contributed by atoms with E-state index in [0.29, 0.717) is 0 Å². The summed E-state index contributed by atoms with van der Waals surface area (Å²) in [5, 5.41) is 7.78. The molecule has 1 aromatic heterocycles. The number of carbonyl (C=O) groups excluding carboxylic acids is 1. The van der Waals surface area contributed by atoms with Gasteiger partial charge < -0.3 is 10.5 Å². The van der Waals surface area contributed by atoms with Gasteiger partial charge in [0.25, 0.3) is 0 Å². The Morgan fingerprint density at radius 1 is 1.29 bits per heavy atom. The van der Waals surface area contributed by atoms with Gasteiger partial charge in [0.05, 0.1) is 11.0 Å². The van der Waals surface area contributed by atoms with E-state index >= 15 is 0 Å². The number of carbonyl (C=O) groups is 1. The van der Waals surface area contributed by atoms with Crippen molar-refractivity contribution in [1.82, 2.24) is 14.9 Å². The quantitative estimate of drug-likeness (QED) is 0.665. The zero-order valence-corrected chi connectivity index (χ0v) is 13.6. The van der Waals surface area contributed by atoms with E-state index in [1.54, 1.807) is 12.4 Å². The van der Waals surface area contributed by atoms with Gasteiger partial charge in [0.1, 0.15) is 0 Å². The second kappa shape index (κ2) is 6.92. The number of piperidine rings is 1. The van der Waals surface area contributed by atoms with Gasteiger partial charge in [-0.25, -0.2) is 4.79 Å². The lowest BCUT2D eigenvalue weighted by atomic mass is 9.94. The highest BCUT2D eigenvalue weighted by molar-refractivity contribution is 5.86. The third-order valence-electron chi connectivity index (χ3n) is 4.63. The van der Waals surface area contributed by atoms with Crippen molar-refractivity contribution in [2.24, 2.45) is 11.7 Å². The van der Waals surface area contributed by atoms with Crippen molar-refractivity contribution in [3.63, 3.8) is 0 Å². The number of fused-ring (bicyclic) bond motifs is 1. The molecule has 1 atom stereocenters. The lowest BCUT2D eigenvalue weighted by molar-refractivity contribution is 0.150. The highest BCUT2D eigenvalue weighted by Gasteiger charge is 2.27. The van der Waals surface area contributed by atoms with Gasteiger partial charge in [-0.05, 0) is 50.6 Å². The van der Waals surface area contributed by atoms with E-state index < -0.39 is 6.09 Å². The number of hydrogen-bond donors (Lipinski definition) is 2. The summed E-state index contributed by atoms with van der Waals surface area (Å²) in [5.41, 5.74) is 7.96. The van der Waals surface area contributed by atoms with Crippen molar-refractivity contribution >= 4 is 23.0 Å². The van der Waals surface area contributed by atoms with Crippen LogP contribution >= 0.6 is 0 Å². The fourth-order valence-electron chi connectivity index (χ4n) is 3.19. The Morgan fingerprint density at radius 3 is 2.62 bits per heavy atom. The average Bonchev–Trinajstić information content (AvgIpc) is 2.60. The maximum absolute atomic E-state index is 10.8. The van der Waals surface area contributed by atoms with Crippen LogP contribution in [0.2, 0.25) is 0 Å². The van der Waals surface area contributed by atoms with Gasteiger partial charge in [-0.2, -0.15) is 0 Å². The molecule has 1 aliphatic rings. The first-order valence-corrected chi connectivity index (χ1v) is 8.05. The van der Waals surface area contributed by atoms with Gasteiger partial charge in [0, 0.05) is 24.4 Å². The fraction of sp³-hybridized carbons (Fsp3) is 0.412. The van der Waals surface area contributed by atoms with Crippen molar-refractivity contribution in [2.75, 3.05) is 13.1 Å². The molecule has 0 spiro atoms. The number of primary amides is 1. The van der Waals surface area contributed by atoms with Gasteiger partial charge in [-0.3, -0.25) is 20.3 Å². The highest BCUT2D eigenvalue weighted by atomic mass is 16.6. The van der Waals surface area contributed by atoms with E-state index in [-0.39, 0.29) is 17.9 Å². The van der Waals surface area contributed by atoms with Gasteiger partial charge in [0.2, 0.25) is 0 Å². The first-order chi connectivity index (χ1) is 11.5. The summed E-state index contributed by atoms with van der Waals surface area (Å²) < 4.78 is 4.71. The molecule has 24 heavy (non-hydrogen) atoms. The van der Waals surface area contributed by atoms with Gasteiger partial charge in [-0.1, -0.05) is 6.07 Å². The van der Waals surface area contributed by atoms with E-state index in [0.717, 1.165) is 37.0 Å². The molecular formula is C17H21N5O2. The van der Waals surface area contributed by atoms with E-state index in [9.17, 15) is 4.79 Å². The molecule has 1 aliphatic heterocycles. The largest absolute Gasteiger partial charge is 0.411 e. The summed E-state index contributed by atoms with van der Waals surface area (Å²) in [7, 11) is 0. The Hall–Kier alpha value is -2.54. The van der Waals surface area contributed by atoms with Crippen LogP contribution in [0.25, 0.3) is 11.0 Å². The maximum Gasteiger partial charge on any atom is 0.411 e. The Bertz CT molecular complexity index is 755. The fourth-order valence-corrected chi connectivity index (χ4v) is 3.19. The van der Waals surface area contributed by atoms with Gasteiger partial charge in [-0.15, -0.1) is 0 Å². The van der Waals surface area contributed by atoms with Crippen LogP contribution in [0, 0.1) is 11.3 Å². The normalized spacial score (nSPS) is 17.5. The van der Waals surface area contributed by atoms with Crippen LogP contribution in [0.1, 0.15) is 31.4 Å². The van der Waals surface area contributed by atoms with E-state index in [1.165, 1.54) is 5.56 Å². The Morgan fingerprint density at radius 2 is 1.96 bits per heavy atom. The van der Waals surface area contributed by atoms with Crippen LogP contribution in [-0.2, 0) is 4.74 Å². The molecular weight excluding hydrogens is 306 g/mol. The van der Waals surface area contributed by atoms with Crippen LogP contribution in [0.4, 0.5) is 4.79 Å². The van der Waals surface area contributed by atoms with Crippen LogP contribution in [0.5, 0.6) is 0 Å². The lowest BCUT2D eigenvalue weighted by Crippen LogP contribution is -2.39. The second-order valence-corrected chi connectivity index (χ2v) is 6.08. The number of nitrogens with zero attached hydrogens (tertiary/aromatic N) is 3. The lowest BCUT2D eigenvalue weighted by Gasteiger charge is -2.35. The predicted molar refractivity (Wildman–Crippen MR) is 90.6 cm³/mol. The maximum atomic E-state index is 10.8. The SMILES string of the molecule is CC(c1ccc2nccnc2c1)N1CCC(C(=N)OC(N)=O)CC1. The molecule has 3 N–H and O–H groups in total. The average molecular weight is 327 g/mol. The van der Waals surface area contributed by atoms with Crippen molar-refractivity contribution in [3.05, 3.63) is 36.2 Å². The van der Waals surface area contributed by atoms with Crippen molar-refractivity contribution in [3.8, 4) is 0 Å². The van der Waals surface area contributed by atoms with Crippen molar-refractivity contribution in [1.29, 1.82) is 5.41 Å². The molecule has 0 bridgehead atoms. The zero-order valence-electron chi connectivity index (χ0n) is 13.6. The van der Waals surface area contributed by atoms with E-state index in [2.05, 4.69) is 33.9 Å². The number of benzene rings is 1. The Kier molecular flexibility index (Phi) is 4.71. The predicted octanol–water partition coefficient (Wildman–Crippen LogP) is 2.48. The van der Waals surface area contributed by atoms with Crippen LogP contribution in [0.3, 0.4) is 0 Å². The molecule has 1 unspecified atom stereocenters. The van der Waals surface area contributed by atoms with Crippen LogP contribution < -0.4 is 5.73 Å². The number of ether oxygens (including phenoxy) is 1. The minimum Gasteiger partial charge on any atom is -0.396 e. The smallest absolute Gasteiger partial charge is 0.396 e. The summed E-state index contributed by atoms with van der Waals surface area (Å²) in [6.07, 6.45) is 4.05. The molecule has 1 saturated heterocycles. The minimum atomic E-state index is -0.909. The first-order valence-electron chi connectivity index (χ1n) is 8.05. The monoisotopic (exact) mass is 327 g/mol. The minimum absolute atomic E-state index is 0.0178. The molecule has 7 nitrogen and oxygen atoms in total. The number of nitrogens with two attached hydrogens (primary N) is 1. The molecule has 2 aromatic rings. The van der Waals surface area contributed by atoms with Crippen molar-refractivity contribution in [2.45, 2.75) is 25.8 Å². The third kappa shape index (κ3) is 3.51. The third-order valence-corrected chi connectivity index (χ3v) is 4.63. The number of nitrogens with one attached hydrogen (secondary N) is 1. The molecule has 1 fully saturated rings. The van der Waals surface area contributed by atoms with Gasteiger partial charge >= 0.3 is 6.09 Å². The van der Waals surface area contributed by atoms with Crippen LogP contribution in [0.15, 0.2) is 30.6 Å². The van der Waals surface area contributed by atoms with Gasteiger partial charge in [0.15, 0.2) is 5.90 Å². The summed E-state index contributed by atoms with van der Waals surface area (Å²) in [5.74, 6) is -0.0563. The summed E-state index contributed by atoms with van der Waals surface area (Å²) in [6.45, 7) is 3.85. The summed E-state index contributed by atoms with van der Waals surface area (Å²) >= 11 is 0. The molecule has 126 valence electrons. The molecule has 7 heteroatoms. The first kappa shape index (κ1) is 16.3. The number of aromatic nitrogens is 2. The molecule has 0 aliphatic carbocycles. The molecule has 0 radical (unpaired) electrons. The number of likely N-dealkylation sites (tertiary alicyclic amines) is 1. The number of amides is 1. The van der Waals surface area contributed by atoms with E-state index in [1.807, 2.05) is 6.07 Å². The number of rotatable bonds is 3. The molecule has 2 heterocycles. The van der Waals surface area contributed by atoms with Crippen LogP contribution in [-0.4, -0.2) is 39.9 Å². The molecule has 0 saturated carbocycles. The summed E-state index contributed by atoms with van der Waals surface area (Å²) in [6, 6.07) is 6.42. The number of hydrogen-bond acceptors (Lipinski definition) is 6. The standard InChI is InChI=1S/C17H21N5O2/c1-11(13-2-3-14-15(10-13)21-7-6-20-14)22-8-4-12(5-9-22)16(18)24-17(19)23/h2-3,6-7,10-12,18H,4-5,8-9H2,1H3,(H2,19,23). The molecule has 1 amide bonds. The molecule has 3 rings (SSSR count).